The summed E-state index contributed by atoms with van der Waals surface area (Å²) in [5.41, 5.74) is -0.927. The van der Waals surface area contributed by atoms with Crippen LogP contribution < -0.4 is 0 Å². The first-order valence-corrected chi connectivity index (χ1v) is 4.58. The van der Waals surface area contributed by atoms with Gasteiger partial charge in [0.15, 0.2) is 0 Å². The predicted molar refractivity (Wildman–Crippen MR) is 51.7 cm³/mol. The second kappa shape index (κ2) is 3.99. The molecule has 0 spiro atoms. The minimum atomic E-state index is -0.598. The summed E-state index contributed by atoms with van der Waals surface area (Å²) in [4.78, 5) is 11.2. The van der Waals surface area contributed by atoms with Crippen LogP contribution in [0.2, 0.25) is 0 Å². The molecule has 0 aliphatic heterocycles. The molecule has 78 valence electrons. The molecule has 0 rings (SSSR count). The summed E-state index contributed by atoms with van der Waals surface area (Å²) >= 11 is 0. The Labute approximate surface area is 80.4 Å². The molecule has 0 heterocycles. The summed E-state index contributed by atoms with van der Waals surface area (Å²) in [6, 6.07) is 0. The molecule has 0 aromatic rings. The van der Waals surface area contributed by atoms with Gasteiger partial charge in [0, 0.05) is 0 Å². The lowest BCUT2D eigenvalue weighted by molar-refractivity contribution is -0.0540. The van der Waals surface area contributed by atoms with Gasteiger partial charge >= 0.3 is 6.16 Å². The van der Waals surface area contributed by atoms with Crippen LogP contribution in [-0.2, 0) is 9.47 Å². The van der Waals surface area contributed by atoms with E-state index in [4.69, 9.17) is 9.47 Å². The van der Waals surface area contributed by atoms with E-state index in [1.807, 2.05) is 41.5 Å². The van der Waals surface area contributed by atoms with E-state index in [1.54, 1.807) is 0 Å². The fourth-order valence-electron chi connectivity index (χ4n) is 0.569. The van der Waals surface area contributed by atoms with Crippen LogP contribution in [0.15, 0.2) is 0 Å². The molecule has 0 amide bonds. The molecule has 0 bridgehead atoms. The first-order valence-electron chi connectivity index (χ1n) is 4.58. The van der Waals surface area contributed by atoms with Crippen molar-refractivity contribution in [2.45, 2.75) is 59.2 Å². The smallest absolute Gasteiger partial charge is 0.429 e. The topological polar surface area (TPSA) is 35.5 Å². The molecule has 0 saturated carbocycles. The van der Waals surface area contributed by atoms with Crippen LogP contribution in [0.5, 0.6) is 0 Å². The quantitative estimate of drug-likeness (QED) is 0.624. The SMILES string of the molecule is CCC(C)(C)OC(=O)OC(C)(C)C. The molecule has 0 aliphatic rings. The van der Waals surface area contributed by atoms with Gasteiger partial charge in [-0.15, -0.1) is 0 Å². The van der Waals surface area contributed by atoms with Crippen molar-refractivity contribution in [3.8, 4) is 0 Å². The summed E-state index contributed by atoms with van der Waals surface area (Å²) in [6.07, 6.45) is 0.172. The maximum absolute atomic E-state index is 11.2. The molecule has 0 aromatic heterocycles. The van der Waals surface area contributed by atoms with Crippen molar-refractivity contribution in [1.29, 1.82) is 0 Å². The zero-order valence-electron chi connectivity index (χ0n) is 9.43. The van der Waals surface area contributed by atoms with Crippen LogP contribution in [0.1, 0.15) is 48.0 Å². The van der Waals surface area contributed by atoms with E-state index in [0.717, 1.165) is 6.42 Å². The zero-order valence-corrected chi connectivity index (χ0v) is 9.43. The van der Waals surface area contributed by atoms with Crippen LogP contribution in [0, 0.1) is 0 Å². The van der Waals surface area contributed by atoms with Gasteiger partial charge in [0.1, 0.15) is 11.2 Å². The number of hydrogen-bond acceptors (Lipinski definition) is 3. The summed E-state index contributed by atoms with van der Waals surface area (Å²) in [5, 5.41) is 0. The maximum atomic E-state index is 11.2. The first kappa shape index (κ1) is 12.3. The van der Waals surface area contributed by atoms with Crippen LogP contribution in [-0.4, -0.2) is 17.4 Å². The van der Waals surface area contributed by atoms with E-state index in [1.165, 1.54) is 0 Å². The first-order chi connectivity index (χ1) is 5.66. The van der Waals surface area contributed by atoms with E-state index in [-0.39, 0.29) is 0 Å². The van der Waals surface area contributed by atoms with Gasteiger partial charge in [-0.25, -0.2) is 4.79 Å². The second-order valence-electron chi connectivity index (χ2n) is 4.68. The highest BCUT2D eigenvalue weighted by atomic mass is 16.7. The third-order valence-electron chi connectivity index (χ3n) is 1.60. The number of rotatable bonds is 2. The normalized spacial score (nSPS) is 12.5. The molecule has 0 aliphatic carbocycles. The van der Waals surface area contributed by atoms with Gasteiger partial charge in [-0.2, -0.15) is 0 Å². The van der Waals surface area contributed by atoms with Crippen molar-refractivity contribution < 1.29 is 14.3 Å². The largest absolute Gasteiger partial charge is 0.509 e. The Balaban J connectivity index is 4.03. The minimum absolute atomic E-state index is 0.442. The van der Waals surface area contributed by atoms with Crippen molar-refractivity contribution in [2.24, 2.45) is 0 Å². The number of ether oxygens (including phenoxy) is 2. The van der Waals surface area contributed by atoms with E-state index in [2.05, 4.69) is 0 Å². The van der Waals surface area contributed by atoms with Crippen molar-refractivity contribution >= 4 is 6.16 Å². The predicted octanol–water partition coefficient (Wildman–Crippen LogP) is 3.13. The number of carbonyl (C=O) groups is 1. The number of hydrogen-bond donors (Lipinski definition) is 0. The minimum Gasteiger partial charge on any atom is -0.429 e. The van der Waals surface area contributed by atoms with E-state index in [0.29, 0.717) is 0 Å². The third-order valence-corrected chi connectivity index (χ3v) is 1.60. The van der Waals surface area contributed by atoms with Gasteiger partial charge in [0.05, 0.1) is 0 Å². The Hall–Kier alpha value is -0.730. The molecule has 0 aromatic carbocycles. The third kappa shape index (κ3) is 6.43. The summed E-state index contributed by atoms with van der Waals surface area (Å²) < 4.78 is 10.1. The standard InChI is InChI=1S/C10H20O3/c1-7-10(5,6)13-8(11)12-9(2,3)4/h7H2,1-6H3. The van der Waals surface area contributed by atoms with Gasteiger partial charge in [-0.05, 0) is 41.0 Å². The Kier molecular flexibility index (Phi) is 3.76. The molecule has 0 saturated heterocycles. The number of carbonyl (C=O) groups excluding carboxylic acids is 1. The highest BCUT2D eigenvalue weighted by Gasteiger charge is 2.24. The van der Waals surface area contributed by atoms with Crippen molar-refractivity contribution in [3.63, 3.8) is 0 Å². The average Bonchev–Trinajstić information content (AvgIpc) is 1.81. The van der Waals surface area contributed by atoms with Crippen molar-refractivity contribution in [3.05, 3.63) is 0 Å². The molecule has 0 radical (unpaired) electrons. The summed E-state index contributed by atoms with van der Waals surface area (Å²) in [5.74, 6) is 0. The summed E-state index contributed by atoms with van der Waals surface area (Å²) in [7, 11) is 0. The van der Waals surface area contributed by atoms with Gasteiger partial charge in [-0.3, -0.25) is 0 Å². The second-order valence-corrected chi connectivity index (χ2v) is 4.68. The molecule has 0 unspecified atom stereocenters. The highest BCUT2D eigenvalue weighted by molar-refractivity contribution is 5.61. The van der Waals surface area contributed by atoms with Gasteiger partial charge < -0.3 is 9.47 Å². The van der Waals surface area contributed by atoms with Gasteiger partial charge in [0.2, 0.25) is 0 Å². The molecule has 13 heavy (non-hydrogen) atoms. The Morgan fingerprint density at radius 1 is 1.08 bits per heavy atom. The van der Waals surface area contributed by atoms with Crippen LogP contribution in [0.25, 0.3) is 0 Å². The van der Waals surface area contributed by atoms with Crippen molar-refractivity contribution in [2.75, 3.05) is 0 Å². The lowest BCUT2D eigenvalue weighted by Crippen LogP contribution is -2.32. The Morgan fingerprint density at radius 3 is 1.85 bits per heavy atom. The lowest BCUT2D eigenvalue weighted by Gasteiger charge is -2.26. The molecule has 0 atom stereocenters. The van der Waals surface area contributed by atoms with E-state index >= 15 is 0 Å². The van der Waals surface area contributed by atoms with E-state index in [9.17, 15) is 4.79 Å². The zero-order chi connectivity index (χ0) is 10.7. The van der Waals surface area contributed by atoms with Gasteiger partial charge in [0.25, 0.3) is 0 Å². The molecule has 3 nitrogen and oxygen atoms in total. The monoisotopic (exact) mass is 188 g/mol. The fraction of sp³-hybridized carbons (Fsp3) is 0.900. The van der Waals surface area contributed by atoms with Crippen molar-refractivity contribution in [1.82, 2.24) is 0 Å². The fourth-order valence-corrected chi connectivity index (χ4v) is 0.569. The molecule has 0 fully saturated rings. The molecule has 3 heteroatoms. The molecular formula is C10H20O3. The lowest BCUT2D eigenvalue weighted by atomic mass is 10.1. The Morgan fingerprint density at radius 2 is 1.54 bits per heavy atom. The average molecular weight is 188 g/mol. The van der Waals surface area contributed by atoms with Gasteiger partial charge in [-0.1, -0.05) is 6.92 Å². The molecular weight excluding hydrogens is 168 g/mol. The maximum Gasteiger partial charge on any atom is 0.509 e. The van der Waals surface area contributed by atoms with Crippen LogP contribution in [0.4, 0.5) is 4.79 Å². The van der Waals surface area contributed by atoms with Crippen LogP contribution in [0.3, 0.4) is 0 Å². The summed E-state index contributed by atoms with van der Waals surface area (Å²) in [6.45, 7) is 11.1. The van der Waals surface area contributed by atoms with Crippen LogP contribution >= 0.6 is 0 Å². The van der Waals surface area contributed by atoms with E-state index < -0.39 is 17.4 Å². The highest BCUT2D eigenvalue weighted by Crippen LogP contribution is 2.17. The Bertz CT molecular complexity index is 177. The molecule has 0 N–H and O–H groups in total.